The van der Waals surface area contributed by atoms with Crippen LogP contribution in [0, 0.1) is 0 Å². The highest BCUT2D eigenvalue weighted by Gasteiger charge is 2.51. The van der Waals surface area contributed by atoms with E-state index in [0.717, 1.165) is 50.1 Å². The van der Waals surface area contributed by atoms with Gasteiger partial charge in [0.2, 0.25) is 5.91 Å². The summed E-state index contributed by atoms with van der Waals surface area (Å²) in [6.45, 7) is 1.38. The molecule has 3 aliphatic rings. The molecule has 0 atom stereocenters. The quantitative estimate of drug-likeness (QED) is 0.762. The van der Waals surface area contributed by atoms with Gasteiger partial charge in [-0.3, -0.25) is 14.5 Å². The summed E-state index contributed by atoms with van der Waals surface area (Å²) in [5.74, 6) is -0.311. The van der Waals surface area contributed by atoms with Gasteiger partial charge in [-0.25, -0.2) is 4.79 Å². The number of amides is 4. The van der Waals surface area contributed by atoms with Gasteiger partial charge in [-0.2, -0.15) is 0 Å². The van der Waals surface area contributed by atoms with E-state index in [-0.39, 0.29) is 18.4 Å². The molecule has 6 heteroatoms. The lowest BCUT2D eigenvalue weighted by atomic mass is 9.82. The molecule has 0 aromatic rings. The van der Waals surface area contributed by atoms with Crippen molar-refractivity contribution in [2.75, 3.05) is 19.6 Å². The third-order valence-corrected chi connectivity index (χ3v) is 4.71. The first kappa shape index (κ1) is 13.4. The Morgan fingerprint density at radius 2 is 1.70 bits per heavy atom. The van der Waals surface area contributed by atoms with Crippen LogP contribution in [-0.2, 0) is 9.59 Å². The summed E-state index contributed by atoms with van der Waals surface area (Å²) >= 11 is 0. The van der Waals surface area contributed by atoms with Crippen molar-refractivity contribution >= 4 is 17.8 Å². The smallest absolute Gasteiger partial charge is 0.325 e. The van der Waals surface area contributed by atoms with E-state index in [1.165, 1.54) is 0 Å². The number of nitrogens with one attached hydrogen (secondary N) is 1. The first-order valence-corrected chi connectivity index (χ1v) is 7.54. The lowest BCUT2D eigenvalue weighted by Crippen LogP contribution is -2.49. The van der Waals surface area contributed by atoms with Crippen molar-refractivity contribution in [1.29, 1.82) is 0 Å². The van der Waals surface area contributed by atoms with Crippen molar-refractivity contribution in [3.8, 4) is 0 Å². The van der Waals surface area contributed by atoms with Crippen molar-refractivity contribution in [3.05, 3.63) is 0 Å². The number of hydrogen-bond donors (Lipinski definition) is 1. The van der Waals surface area contributed by atoms with E-state index >= 15 is 0 Å². The summed E-state index contributed by atoms with van der Waals surface area (Å²) in [5, 5.41) is 2.83. The Bertz CT molecular complexity index is 437. The van der Waals surface area contributed by atoms with Crippen LogP contribution in [0.25, 0.3) is 0 Å². The molecule has 1 saturated carbocycles. The van der Waals surface area contributed by atoms with Gasteiger partial charge in [0, 0.05) is 13.1 Å². The molecule has 0 aromatic carbocycles. The second-order valence-electron chi connectivity index (χ2n) is 6.05. The van der Waals surface area contributed by atoms with Crippen LogP contribution in [0.3, 0.4) is 0 Å². The number of likely N-dealkylation sites (tertiary alicyclic amines) is 1. The normalized spacial score (nSPS) is 25.4. The molecule has 2 heterocycles. The van der Waals surface area contributed by atoms with Gasteiger partial charge in [-0.15, -0.1) is 0 Å². The van der Waals surface area contributed by atoms with Crippen LogP contribution < -0.4 is 5.32 Å². The molecule has 0 bridgehead atoms. The molecule has 0 aromatic heterocycles. The van der Waals surface area contributed by atoms with Crippen LogP contribution in [0.15, 0.2) is 0 Å². The van der Waals surface area contributed by atoms with E-state index in [1.807, 2.05) is 0 Å². The molecule has 110 valence electrons. The van der Waals surface area contributed by atoms with Crippen LogP contribution in [0.1, 0.15) is 44.9 Å². The Kier molecular flexibility index (Phi) is 3.40. The van der Waals surface area contributed by atoms with Crippen molar-refractivity contribution in [3.63, 3.8) is 0 Å². The van der Waals surface area contributed by atoms with E-state index in [4.69, 9.17) is 0 Å². The number of rotatable bonds is 2. The van der Waals surface area contributed by atoms with Gasteiger partial charge in [0.1, 0.15) is 12.1 Å². The predicted octanol–water partition coefficient (Wildman–Crippen LogP) is 0.863. The van der Waals surface area contributed by atoms with E-state index < -0.39 is 11.6 Å². The molecule has 1 N–H and O–H groups in total. The van der Waals surface area contributed by atoms with Gasteiger partial charge in [0.25, 0.3) is 5.91 Å². The summed E-state index contributed by atoms with van der Waals surface area (Å²) in [7, 11) is 0. The molecule has 20 heavy (non-hydrogen) atoms. The fraction of sp³-hybridized carbons (Fsp3) is 0.786. The number of hydrogen-bond acceptors (Lipinski definition) is 3. The monoisotopic (exact) mass is 279 g/mol. The van der Waals surface area contributed by atoms with Crippen molar-refractivity contribution in [2.24, 2.45) is 0 Å². The lowest BCUT2D eigenvalue weighted by Gasteiger charge is -2.30. The largest absolute Gasteiger partial charge is 0.341 e. The highest BCUT2D eigenvalue weighted by molar-refractivity contribution is 6.09. The number of imide groups is 1. The van der Waals surface area contributed by atoms with E-state index in [0.29, 0.717) is 12.8 Å². The molecule has 4 amide bonds. The first-order chi connectivity index (χ1) is 9.62. The lowest BCUT2D eigenvalue weighted by molar-refractivity contribution is -0.139. The molecule has 1 spiro atoms. The molecular weight excluding hydrogens is 258 g/mol. The summed E-state index contributed by atoms with van der Waals surface area (Å²) in [6, 6.07) is -0.399. The van der Waals surface area contributed by atoms with Crippen LogP contribution in [0.4, 0.5) is 4.79 Å². The van der Waals surface area contributed by atoms with E-state index in [1.54, 1.807) is 4.90 Å². The van der Waals surface area contributed by atoms with Crippen LogP contribution in [0.2, 0.25) is 0 Å². The first-order valence-electron chi connectivity index (χ1n) is 7.54. The fourth-order valence-electron chi connectivity index (χ4n) is 3.52. The molecule has 2 aliphatic heterocycles. The highest BCUT2D eigenvalue weighted by atomic mass is 16.2. The maximum absolute atomic E-state index is 12.5. The van der Waals surface area contributed by atoms with Crippen LogP contribution in [-0.4, -0.2) is 52.8 Å². The third kappa shape index (κ3) is 2.17. The molecule has 3 rings (SSSR count). The zero-order valence-corrected chi connectivity index (χ0v) is 11.7. The molecule has 0 unspecified atom stereocenters. The summed E-state index contributed by atoms with van der Waals surface area (Å²) in [6.07, 6.45) is 6.45. The predicted molar refractivity (Wildman–Crippen MR) is 71.9 cm³/mol. The highest BCUT2D eigenvalue weighted by Crippen LogP contribution is 2.33. The van der Waals surface area contributed by atoms with E-state index in [9.17, 15) is 14.4 Å². The minimum Gasteiger partial charge on any atom is -0.341 e. The van der Waals surface area contributed by atoms with Crippen LogP contribution in [0.5, 0.6) is 0 Å². The average molecular weight is 279 g/mol. The topological polar surface area (TPSA) is 69.7 Å². The van der Waals surface area contributed by atoms with Crippen molar-refractivity contribution in [2.45, 2.75) is 50.5 Å². The summed E-state index contributed by atoms with van der Waals surface area (Å²) in [5.41, 5.74) is -0.722. The standard InChI is InChI=1S/C14H21N3O3/c18-11(16-8-4-5-9-16)10-17-12(19)14(15-13(17)20)6-2-1-3-7-14/h1-10H2,(H,15,20). The van der Waals surface area contributed by atoms with Crippen molar-refractivity contribution < 1.29 is 14.4 Å². The minimum atomic E-state index is -0.722. The fourth-order valence-corrected chi connectivity index (χ4v) is 3.52. The molecule has 3 fully saturated rings. The average Bonchev–Trinajstić information content (AvgIpc) is 3.04. The second kappa shape index (κ2) is 5.07. The molecular formula is C14H21N3O3. The number of nitrogens with zero attached hydrogens (tertiary/aromatic N) is 2. The van der Waals surface area contributed by atoms with Gasteiger partial charge in [-0.1, -0.05) is 19.3 Å². The Hall–Kier alpha value is -1.59. The van der Waals surface area contributed by atoms with E-state index in [2.05, 4.69) is 5.32 Å². The number of urea groups is 1. The molecule has 0 radical (unpaired) electrons. The third-order valence-electron chi connectivity index (χ3n) is 4.71. The maximum Gasteiger partial charge on any atom is 0.325 e. The zero-order chi connectivity index (χ0) is 14.2. The Morgan fingerprint density at radius 3 is 2.35 bits per heavy atom. The maximum atomic E-state index is 12.5. The van der Waals surface area contributed by atoms with Crippen LogP contribution >= 0.6 is 0 Å². The van der Waals surface area contributed by atoms with Gasteiger partial charge >= 0.3 is 6.03 Å². The van der Waals surface area contributed by atoms with Gasteiger partial charge in [0.05, 0.1) is 0 Å². The summed E-state index contributed by atoms with van der Waals surface area (Å²) < 4.78 is 0. The van der Waals surface area contributed by atoms with Crippen molar-refractivity contribution in [1.82, 2.24) is 15.1 Å². The van der Waals surface area contributed by atoms with Gasteiger partial charge in [-0.05, 0) is 25.7 Å². The zero-order valence-electron chi connectivity index (χ0n) is 11.7. The second-order valence-corrected chi connectivity index (χ2v) is 6.05. The molecule has 2 saturated heterocycles. The molecule has 6 nitrogen and oxygen atoms in total. The van der Waals surface area contributed by atoms with Gasteiger partial charge < -0.3 is 10.2 Å². The Morgan fingerprint density at radius 1 is 1.05 bits per heavy atom. The number of carbonyl (C=O) groups excluding carboxylic acids is 3. The number of carbonyl (C=O) groups is 3. The summed E-state index contributed by atoms with van der Waals surface area (Å²) in [4.78, 5) is 39.5. The Labute approximate surface area is 118 Å². The molecule has 1 aliphatic carbocycles. The minimum absolute atomic E-state index is 0.105. The Balaban J connectivity index is 1.68. The SMILES string of the molecule is O=C(CN1C(=O)NC2(CCCCC2)C1=O)N1CCCC1. The van der Waals surface area contributed by atoms with Gasteiger partial charge in [0.15, 0.2) is 0 Å².